The van der Waals surface area contributed by atoms with Crippen LogP contribution in [0.25, 0.3) is 0 Å². The smallest absolute Gasteiger partial charge is 0.261 e. The van der Waals surface area contributed by atoms with Crippen molar-refractivity contribution in [2.24, 2.45) is 5.41 Å². The zero-order valence-electron chi connectivity index (χ0n) is 16.5. The summed E-state index contributed by atoms with van der Waals surface area (Å²) in [6, 6.07) is 12.4. The number of carbonyl (C=O) groups is 1. The lowest BCUT2D eigenvalue weighted by Crippen LogP contribution is -2.35. The number of sulfonamides is 1. The standard InChI is InChI=1S/C20H26N2O5S/c1-20(2,3)14-21-19(23)13-27-17-9-11-18(12-10-17)28(24,25)22-15-5-7-16(26-4)8-6-15/h5-12,22H,13-14H2,1-4H3,(H,21,23). The molecule has 0 aliphatic carbocycles. The lowest BCUT2D eigenvalue weighted by molar-refractivity contribution is -0.123. The molecule has 0 aromatic heterocycles. The van der Waals surface area contributed by atoms with Gasteiger partial charge in [0.2, 0.25) is 0 Å². The van der Waals surface area contributed by atoms with Gasteiger partial charge in [0.25, 0.3) is 15.9 Å². The van der Waals surface area contributed by atoms with E-state index in [-0.39, 0.29) is 22.8 Å². The molecule has 7 nitrogen and oxygen atoms in total. The number of hydrogen-bond donors (Lipinski definition) is 2. The summed E-state index contributed by atoms with van der Waals surface area (Å²) in [5.41, 5.74) is 0.416. The summed E-state index contributed by atoms with van der Waals surface area (Å²) >= 11 is 0. The molecule has 2 aromatic rings. The monoisotopic (exact) mass is 406 g/mol. The van der Waals surface area contributed by atoms with Gasteiger partial charge in [0.05, 0.1) is 12.0 Å². The molecule has 152 valence electrons. The molecule has 1 amide bonds. The Morgan fingerprint density at radius 3 is 2.07 bits per heavy atom. The molecular weight excluding hydrogens is 380 g/mol. The highest BCUT2D eigenvalue weighted by Crippen LogP contribution is 2.21. The van der Waals surface area contributed by atoms with E-state index in [1.54, 1.807) is 24.3 Å². The summed E-state index contributed by atoms with van der Waals surface area (Å²) in [6.45, 7) is 6.48. The van der Waals surface area contributed by atoms with Crippen LogP contribution in [0.2, 0.25) is 0 Å². The maximum atomic E-state index is 12.5. The summed E-state index contributed by atoms with van der Waals surface area (Å²) in [4.78, 5) is 11.9. The first-order chi connectivity index (χ1) is 13.1. The highest BCUT2D eigenvalue weighted by atomic mass is 32.2. The predicted molar refractivity (Wildman–Crippen MR) is 108 cm³/mol. The molecule has 0 fully saturated rings. The fourth-order valence-corrected chi connectivity index (χ4v) is 3.21. The molecular formula is C20H26N2O5S. The highest BCUT2D eigenvalue weighted by molar-refractivity contribution is 7.92. The van der Waals surface area contributed by atoms with Crippen molar-refractivity contribution in [2.75, 3.05) is 25.0 Å². The second-order valence-corrected chi connectivity index (χ2v) is 9.11. The number of carbonyl (C=O) groups excluding carboxylic acids is 1. The lowest BCUT2D eigenvalue weighted by atomic mass is 9.97. The van der Waals surface area contributed by atoms with E-state index in [0.29, 0.717) is 23.7 Å². The molecule has 0 spiro atoms. The second kappa shape index (κ2) is 8.97. The first kappa shape index (κ1) is 21.6. The average molecular weight is 407 g/mol. The summed E-state index contributed by atoms with van der Waals surface area (Å²) in [5, 5.41) is 2.79. The Bertz CT molecular complexity index is 886. The summed E-state index contributed by atoms with van der Waals surface area (Å²) in [5.74, 6) is 0.818. The van der Waals surface area contributed by atoms with E-state index in [2.05, 4.69) is 10.0 Å². The summed E-state index contributed by atoms with van der Waals surface area (Å²) in [7, 11) is -2.19. The van der Waals surface area contributed by atoms with Gasteiger partial charge in [-0.15, -0.1) is 0 Å². The van der Waals surface area contributed by atoms with E-state index < -0.39 is 10.0 Å². The average Bonchev–Trinajstić information content (AvgIpc) is 2.65. The molecule has 2 rings (SSSR count). The van der Waals surface area contributed by atoms with E-state index in [9.17, 15) is 13.2 Å². The number of benzene rings is 2. The van der Waals surface area contributed by atoms with Gasteiger partial charge >= 0.3 is 0 Å². The number of amides is 1. The van der Waals surface area contributed by atoms with Crippen LogP contribution in [0.4, 0.5) is 5.69 Å². The third-order valence-electron chi connectivity index (χ3n) is 3.66. The first-order valence-corrected chi connectivity index (χ1v) is 10.2. The Labute approximate surface area is 166 Å². The van der Waals surface area contributed by atoms with Gasteiger partial charge in [-0.3, -0.25) is 9.52 Å². The molecule has 0 aliphatic rings. The minimum atomic E-state index is -3.73. The zero-order chi connectivity index (χ0) is 20.8. The van der Waals surface area contributed by atoms with Crippen LogP contribution < -0.4 is 19.5 Å². The van der Waals surface area contributed by atoms with Crippen molar-refractivity contribution in [1.82, 2.24) is 5.32 Å². The maximum Gasteiger partial charge on any atom is 0.261 e. The highest BCUT2D eigenvalue weighted by Gasteiger charge is 2.15. The Morgan fingerprint density at radius 2 is 1.54 bits per heavy atom. The molecule has 0 unspecified atom stereocenters. The van der Waals surface area contributed by atoms with Crippen molar-refractivity contribution in [2.45, 2.75) is 25.7 Å². The SMILES string of the molecule is COc1ccc(NS(=O)(=O)c2ccc(OCC(=O)NCC(C)(C)C)cc2)cc1. The molecule has 8 heteroatoms. The van der Waals surface area contributed by atoms with Crippen LogP contribution in [0.5, 0.6) is 11.5 Å². The summed E-state index contributed by atoms with van der Waals surface area (Å²) < 4.78 is 37.9. The topological polar surface area (TPSA) is 93.7 Å². The molecule has 0 radical (unpaired) electrons. The van der Waals surface area contributed by atoms with Crippen LogP contribution >= 0.6 is 0 Å². The van der Waals surface area contributed by atoms with Crippen LogP contribution in [0.3, 0.4) is 0 Å². The lowest BCUT2D eigenvalue weighted by Gasteiger charge is -2.18. The molecule has 0 saturated carbocycles. The van der Waals surface area contributed by atoms with Crippen molar-refractivity contribution in [3.63, 3.8) is 0 Å². The van der Waals surface area contributed by atoms with Crippen molar-refractivity contribution in [3.05, 3.63) is 48.5 Å². The Hall–Kier alpha value is -2.74. The zero-order valence-corrected chi connectivity index (χ0v) is 17.3. The molecule has 0 aliphatic heterocycles. The normalized spacial score (nSPS) is 11.6. The van der Waals surface area contributed by atoms with Gasteiger partial charge in [-0.1, -0.05) is 20.8 Å². The fourth-order valence-electron chi connectivity index (χ4n) is 2.15. The van der Waals surface area contributed by atoms with Crippen LogP contribution in [0, 0.1) is 5.41 Å². The molecule has 0 saturated heterocycles. The van der Waals surface area contributed by atoms with Crippen molar-refractivity contribution in [3.8, 4) is 11.5 Å². The van der Waals surface area contributed by atoms with Crippen LogP contribution in [-0.2, 0) is 14.8 Å². The molecule has 28 heavy (non-hydrogen) atoms. The fraction of sp³-hybridized carbons (Fsp3) is 0.350. The van der Waals surface area contributed by atoms with Crippen molar-refractivity contribution in [1.29, 1.82) is 0 Å². The van der Waals surface area contributed by atoms with E-state index in [4.69, 9.17) is 9.47 Å². The van der Waals surface area contributed by atoms with Gasteiger partial charge in [0.15, 0.2) is 6.61 Å². The Morgan fingerprint density at radius 1 is 0.964 bits per heavy atom. The van der Waals surface area contributed by atoms with E-state index in [1.807, 2.05) is 20.8 Å². The van der Waals surface area contributed by atoms with Gasteiger partial charge in [-0.2, -0.15) is 0 Å². The molecule has 0 atom stereocenters. The van der Waals surface area contributed by atoms with Gasteiger partial charge in [-0.05, 0) is 53.9 Å². The number of hydrogen-bond acceptors (Lipinski definition) is 5. The van der Waals surface area contributed by atoms with Crippen molar-refractivity contribution < 1.29 is 22.7 Å². The van der Waals surface area contributed by atoms with Crippen LogP contribution in [0.15, 0.2) is 53.4 Å². The predicted octanol–water partition coefficient (Wildman–Crippen LogP) is 3.04. The third-order valence-corrected chi connectivity index (χ3v) is 5.06. The van der Waals surface area contributed by atoms with E-state index in [1.165, 1.54) is 31.4 Å². The second-order valence-electron chi connectivity index (χ2n) is 7.43. The quantitative estimate of drug-likeness (QED) is 0.703. The largest absolute Gasteiger partial charge is 0.497 e. The van der Waals surface area contributed by atoms with Crippen molar-refractivity contribution >= 4 is 21.6 Å². The van der Waals surface area contributed by atoms with Gasteiger partial charge in [0.1, 0.15) is 11.5 Å². The number of rotatable bonds is 8. The minimum Gasteiger partial charge on any atom is -0.497 e. The Balaban J connectivity index is 1.94. The van der Waals surface area contributed by atoms with Gasteiger partial charge < -0.3 is 14.8 Å². The number of methoxy groups -OCH3 is 1. The molecule has 2 aromatic carbocycles. The minimum absolute atomic E-state index is 0.0114. The Kier molecular flexibility index (Phi) is 6.90. The maximum absolute atomic E-state index is 12.5. The first-order valence-electron chi connectivity index (χ1n) is 8.75. The van der Waals surface area contributed by atoms with Gasteiger partial charge in [0, 0.05) is 12.2 Å². The van der Waals surface area contributed by atoms with E-state index >= 15 is 0 Å². The molecule has 0 heterocycles. The number of anilines is 1. The molecule has 2 N–H and O–H groups in total. The number of nitrogens with one attached hydrogen (secondary N) is 2. The molecule has 0 bridgehead atoms. The van der Waals surface area contributed by atoms with Crippen LogP contribution in [-0.4, -0.2) is 34.6 Å². The third kappa shape index (κ3) is 6.77. The summed E-state index contributed by atoms with van der Waals surface area (Å²) in [6.07, 6.45) is 0. The van der Waals surface area contributed by atoms with Gasteiger partial charge in [-0.25, -0.2) is 8.42 Å². The van der Waals surface area contributed by atoms with Crippen LogP contribution in [0.1, 0.15) is 20.8 Å². The number of ether oxygens (including phenoxy) is 2. The van der Waals surface area contributed by atoms with E-state index in [0.717, 1.165) is 0 Å².